The Kier molecular flexibility index (Phi) is 6.70. The molecule has 0 saturated heterocycles. The average molecular weight is 381 g/mol. The first kappa shape index (κ1) is 19.9. The number of ether oxygens (including phenoxy) is 1. The second-order valence-corrected chi connectivity index (χ2v) is 7.28. The van der Waals surface area contributed by atoms with E-state index in [1.54, 1.807) is 6.07 Å². The van der Waals surface area contributed by atoms with Crippen LogP contribution >= 0.6 is 0 Å². The first-order valence-electron chi connectivity index (χ1n) is 9.84. The molecule has 0 atom stereocenters. The van der Waals surface area contributed by atoms with E-state index in [4.69, 9.17) is 10.00 Å². The number of nitriles is 1. The molecule has 1 aromatic heterocycles. The number of rotatable bonds is 6. The summed E-state index contributed by atoms with van der Waals surface area (Å²) in [4.78, 5) is 12.4. The first-order chi connectivity index (χ1) is 13.6. The molecule has 0 bridgehead atoms. The van der Waals surface area contributed by atoms with Crippen molar-refractivity contribution in [2.24, 2.45) is 5.92 Å². The summed E-state index contributed by atoms with van der Waals surface area (Å²) in [6.07, 6.45) is 6.33. The molecule has 6 heteroatoms. The number of carbonyl (C=O) groups excluding carboxylic acids is 1. The Bertz CT molecular complexity index is 853. The Morgan fingerprint density at radius 1 is 1.21 bits per heavy atom. The third-order valence-electron chi connectivity index (χ3n) is 5.29. The number of nitrogens with zero attached hydrogens (tertiary/aromatic N) is 3. The highest BCUT2D eigenvalue weighted by Gasteiger charge is 2.29. The summed E-state index contributed by atoms with van der Waals surface area (Å²) in [7, 11) is 0. The molecule has 28 heavy (non-hydrogen) atoms. The van der Waals surface area contributed by atoms with Gasteiger partial charge in [-0.05, 0) is 62.8 Å². The molecule has 0 amide bonds. The van der Waals surface area contributed by atoms with Crippen LogP contribution in [0.4, 0.5) is 4.39 Å². The molecule has 0 aliphatic heterocycles. The number of carbonyl (C=O) groups is 1. The van der Waals surface area contributed by atoms with E-state index in [0.717, 1.165) is 49.6 Å². The van der Waals surface area contributed by atoms with Gasteiger partial charge in [-0.2, -0.15) is 15.5 Å². The highest BCUT2D eigenvalue weighted by atomic mass is 19.1. The molecule has 1 aliphatic carbocycles. The zero-order chi connectivity index (χ0) is 19.9. The monoisotopic (exact) mass is 381 g/mol. The molecule has 1 fully saturated rings. The Morgan fingerprint density at radius 2 is 2.00 bits per heavy atom. The molecule has 2 aromatic rings. The fraction of sp³-hybridized carbons (Fsp3) is 0.455. The van der Waals surface area contributed by atoms with Crippen molar-refractivity contribution in [3.63, 3.8) is 0 Å². The SMILES string of the molecule is CCCCc1ccc(C2CCC(C(=O)Oc3ccc(C#N)c(F)c3)CC2)nn1. The zero-order valence-electron chi connectivity index (χ0n) is 16.0. The van der Waals surface area contributed by atoms with Gasteiger partial charge in [0.1, 0.15) is 17.6 Å². The van der Waals surface area contributed by atoms with Crippen LogP contribution in [0.2, 0.25) is 0 Å². The number of esters is 1. The fourth-order valence-corrected chi connectivity index (χ4v) is 3.55. The number of aromatic nitrogens is 2. The quantitative estimate of drug-likeness (QED) is 0.535. The Labute approximate surface area is 164 Å². The van der Waals surface area contributed by atoms with Crippen LogP contribution < -0.4 is 4.74 Å². The van der Waals surface area contributed by atoms with Gasteiger partial charge in [0, 0.05) is 12.0 Å². The van der Waals surface area contributed by atoms with Gasteiger partial charge in [-0.15, -0.1) is 0 Å². The molecule has 1 heterocycles. The lowest BCUT2D eigenvalue weighted by atomic mass is 9.80. The molecule has 0 N–H and O–H groups in total. The van der Waals surface area contributed by atoms with E-state index >= 15 is 0 Å². The summed E-state index contributed by atoms with van der Waals surface area (Å²) < 4.78 is 19.0. The van der Waals surface area contributed by atoms with Crippen molar-refractivity contribution < 1.29 is 13.9 Å². The van der Waals surface area contributed by atoms with Crippen LogP contribution in [-0.2, 0) is 11.2 Å². The van der Waals surface area contributed by atoms with Crippen LogP contribution in [0.25, 0.3) is 0 Å². The standard InChI is InChI=1S/C22H24FN3O2/c1-2-3-4-18-10-12-21(26-25-18)15-5-7-16(8-6-15)22(27)28-19-11-9-17(14-24)20(23)13-19/h9-13,15-16H,2-8H2,1H3. The van der Waals surface area contributed by atoms with Gasteiger partial charge in [0.05, 0.1) is 22.9 Å². The predicted molar refractivity (Wildman–Crippen MR) is 102 cm³/mol. The number of hydrogen-bond donors (Lipinski definition) is 0. The third-order valence-corrected chi connectivity index (χ3v) is 5.29. The fourth-order valence-electron chi connectivity index (χ4n) is 3.55. The number of aryl methyl sites for hydroxylation is 1. The average Bonchev–Trinajstić information content (AvgIpc) is 2.73. The molecule has 3 rings (SSSR count). The Balaban J connectivity index is 1.52. The molecular formula is C22H24FN3O2. The molecule has 0 radical (unpaired) electrons. The van der Waals surface area contributed by atoms with Crippen molar-refractivity contribution in [2.45, 2.75) is 57.8 Å². The minimum atomic E-state index is -0.683. The van der Waals surface area contributed by atoms with Gasteiger partial charge in [0.2, 0.25) is 0 Å². The predicted octanol–water partition coefficient (Wildman–Crippen LogP) is 4.71. The van der Waals surface area contributed by atoms with Crippen molar-refractivity contribution in [1.82, 2.24) is 10.2 Å². The van der Waals surface area contributed by atoms with E-state index in [9.17, 15) is 9.18 Å². The molecule has 1 aromatic carbocycles. The van der Waals surface area contributed by atoms with Gasteiger partial charge in [0.25, 0.3) is 0 Å². The maximum atomic E-state index is 13.7. The van der Waals surface area contributed by atoms with Crippen LogP contribution in [-0.4, -0.2) is 16.2 Å². The summed E-state index contributed by atoms with van der Waals surface area (Å²) in [5.74, 6) is -0.783. The van der Waals surface area contributed by atoms with Gasteiger partial charge < -0.3 is 4.74 Å². The van der Waals surface area contributed by atoms with E-state index in [0.29, 0.717) is 18.8 Å². The third kappa shape index (κ3) is 4.92. The van der Waals surface area contributed by atoms with Gasteiger partial charge in [-0.1, -0.05) is 13.3 Å². The molecule has 1 saturated carbocycles. The summed E-state index contributed by atoms with van der Waals surface area (Å²) in [5, 5.41) is 17.5. The van der Waals surface area contributed by atoms with Gasteiger partial charge in [0.15, 0.2) is 0 Å². The number of benzene rings is 1. The van der Waals surface area contributed by atoms with Gasteiger partial charge in [-0.25, -0.2) is 4.39 Å². The second kappa shape index (κ2) is 9.41. The molecule has 146 valence electrons. The van der Waals surface area contributed by atoms with E-state index in [2.05, 4.69) is 29.3 Å². The minimum Gasteiger partial charge on any atom is -0.426 e. The zero-order valence-corrected chi connectivity index (χ0v) is 16.0. The van der Waals surface area contributed by atoms with E-state index in [1.807, 2.05) is 0 Å². The molecule has 5 nitrogen and oxygen atoms in total. The normalized spacial score (nSPS) is 19.0. The maximum Gasteiger partial charge on any atom is 0.314 e. The molecule has 0 spiro atoms. The first-order valence-corrected chi connectivity index (χ1v) is 9.84. The summed E-state index contributed by atoms with van der Waals surface area (Å²) >= 11 is 0. The van der Waals surface area contributed by atoms with E-state index in [-0.39, 0.29) is 23.2 Å². The summed E-state index contributed by atoms with van der Waals surface area (Å²) in [6.45, 7) is 2.16. The molecule has 0 unspecified atom stereocenters. The van der Waals surface area contributed by atoms with Crippen molar-refractivity contribution in [3.05, 3.63) is 53.1 Å². The van der Waals surface area contributed by atoms with Crippen LogP contribution in [0.5, 0.6) is 5.75 Å². The lowest BCUT2D eigenvalue weighted by Gasteiger charge is -2.26. The topological polar surface area (TPSA) is 75.9 Å². The Morgan fingerprint density at radius 3 is 2.61 bits per heavy atom. The maximum absolute atomic E-state index is 13.7. The van der Waals surface area contributed by atoms with Crippen LogP contribution in [0.3, 0.4) is 0 Å². The minimum absolute atomic E-state index is 0.0675. The lowest BCUT2D eigenvalue weighted by molar-refractivity contribution is -0.140. The van der Waals surface area contributed by atoms with Gasteiger partial charge in [-0.3, -0.25) is 4.79 Å². The highest BCUT2D eigenvalue weighted by molar-refractivity contribution is 5.75. The van der Waals surface area contributed by atoms with Gasteiger partial charge >= 0.3 is 5.97 Å². The summed E-state index contributed by atoms with van der Waals surface area (Å²) in [5.41, 5.74) is 1.95. The Hall–Kier alpha value is -2.81. The van der Waals surface area contributed by atoms with Crippen LogP contribution in [0, 0.1) is 23.1 Å². The smallest absolute Gasteiger partial charge is 0.314 e. The van der Waals surface area contributed by atoms with Crippen molar-refractivity contribution in [3.8, 4) is 11.8 Å². The molecule has 1 aliphatic rings. The largest absolute Gasteiger partial charge is 0.426 e. The van der Waals surface area contributed by atoms with Crippen molar-refractivity contribution in [1.29, 1.82) is 5.26 Å². The second-order valence-electron chi connectivity index (χ2n) is 7.28. The lowest BCUT2D eigenvalue weighted by Crippen LogP contribution is -2.25. The van der Waals surface area contributed by atoms with Crippen LogP contribution in [0.15, 0.2) is 30.3 Å². The number of halogens is 1. The van der Waals surface area contributed by atoms with Crippen molar-refractivity contribution in [2.75, 3.05) is 0 Å². The van der Waals surface area contributed by atoms with Crippen LogP contribution in [0.1, 0.15) is 68.3 Å². The van der Waals surface area contributed by atoms with Crippen molar-refractivity contribution >= 4 is 5.97 Å². The number of unbranched alkanes of at least 4 members (excludes halogenated alkanes) is 1. The molecular weight excluding hydrogens is 357 g/mol. The van der Waals surface area contributed by atoms with E-state index in [1.165, 1.54) is 12.1 Å². The highest BCUT2D eigenvalue weighted by Crippen LogP contribution is 2.35. The number of hydrogen-bond acceptors (Lipinski definition) is 5. The van der Waals surface area contributed by atoms with E-state index < -0.39 is 5.82 Å². The summed E-state index contributed by atoms with van der Waals surface area (Å²) in [6, 6.07) is 9.70.